The molecule has 158 valence electrons. The van der Waals surface area contributed by atoms with E-state index in [0.29, 0.717) is 28.2 Å². The van der Waals surface area contributed by atoms with Gasteiger partial charge in [-0.1, -0.05) is 12.1 Å². The van der Waals surface area contributed by atoms with Gasteiger partial charge in [-0.25, -0.2) is 14.5 Å². The van der Waals surface area contributed by atoms with Crippen molar-refractivity contribution in [3.63, 3.8) is 0 Å². The number of hydrogen-bond acceptors (Lipinski definition) is 6. The van der Waals surface area contributed by atoms with Crippen LogP contribution in [0.4, 0.5) is 5.69 Å². The highest BCUT2D eigenvalue weighted by atomic mass is 79.9. The molecular weight excluding hydrogens is 464 g/mol. The molecule has 9 heteroatoms. The Kier molecular flexibility index (Phi) is 5.85. The highest BCUT2D eigenvalue weighted by molar-refractivity contribution is 9.10. The lowest BCUT2D eigenvalue weighted by atomic mass is 10.1. The van der Waals surface area contributed by atoms with E-state index in [1.165, 1.54) is 6.26 Å². The normalized spacial score (nSPS) is 11.1. The molecular formula is C22H19BrN4O4. The van der Waals surface area contributed by atoms with Crippen molar-refractivity contribution < 1.29 is 18.7 Å². The number of benzene rings is 1. The van der Waals surface area contributed by atoms with Crippen molar-refractivity contribution in [1.29, 1.82) is 0 Å². The smallest absolute Gasteiger partial charge is 0.339 e. The maximum Gasteiger partial charge on any atom is 0.339 e. The molecule has 31 heavy (non-hydrogen) atoms. The van der Waals surface area contributed by atoms with Crippen LogP contribution < -0.4 is 5.32 Å². The third-order valence-corrected chi connectivity index (χ3v) is 5.22. The van der Waals surface area contributed by atoms with Gasteiger partial charge in [0.1, 0.15) is 5.69 Å². The number of carbonyl (C=O) groups is 2. The molecule has 0 saturated heterocycles. The molecule has 0 saturated carbocycles. The Bertz CT molecular complexity index is 1250. The lowest BCUT2D eigenvalue weighted by Crippen LogP contribution is -2.21. The minimum absolute atomic E-state index is 0.0378. The largest absolute Gasteiger partial charge is 0.463 e. The van der Waals surface area contributed by atoms with Crippen LogP contribution in [0.3, 0.4) is 0 Å². The van der Waals surface area contributed by atoms with Crippen molar-refractivity contribution in [2.75, 3.05) is 11.9 Å². The predicted molar refractivity (Wildman–Crippen MR) is 119 cm³/mol. The number of nitrogens with zero attached hydrogens (tertiary/aromatic N) is 3. The van der Waals surface area contributed by atoms with Crippen molar-refractivity contribution in [3.8, 4) is 11.5 Å². The van der Waals surface area contributed by atoms with Crippen molar-refractivity contribution in [1.82, 2.24) is 14.8 Å². The Labute approximate surface area is 186 Å². The highest BCUT2D eigenvalue weighted by Gasteiger charge is 2.21. The molecule has 0 atom stereocenters. The number of esters is 1. The lowest BCUT2D eigenvalue weighted by molar-refractivity contribution is -0.119. The first-order valence-electron chi connectivity index (χ1n) is 9.57. The lowest BCUT2D eigenvalue weighted by Gasteiger charge is -2.10. The average molecular weight is 483 g/mol. The van der Waals surface area contributed by atoms with Crippen molar-refractivity contribution >= 4 is 44.5 Å². The summed E-state index contributed by atoms with van der Waals surface area (Å²) in [5.74, 6) is -0.584. The molecule has 4 rings (SSSR count). The second kappa shape index (κ2) is 8.73. The summed E-state index contributed by atoms with van der Waals surface area (Å²) in [7, 11) is 0. The number of ether oxygens (including phenoxy) is 1. The van der Waals surface area contributed by atoms with Gasteiger partial charge in [-0.05, 0) is 60.1 Å². The molecule has 4 aromatic rings. The SMILES string of the molecule is CC(C)n1ncc2c(C(=O)OCC(=O)Nc3ccccc3Br)cc(-c3ccco3)nc21. The van der Waals surface area contributed by atoms with Gasteiger partial charge in [-0.2, -0.15) is 5.10 Å². The summed E-state index contributed by atoms with van der Waals surface area (Å²) in [6.07, 6.45) is 3.11. The first-order valence-corrected chi connectivity index (χ1v) is 10.4. The summed E-state index contributed by atoms with van der Waals surface area (Å²) in [5.41, 5.74) is 1.86. The zero-order chi connectivity index (χ0) is 22.0. The second-order valence-electron chi connectivity index (χ2n) is 7.06. The van der Waals surface area contributed by atoms with E-state index in [0.717, 1.165) is 4.47 Å². The van der Waals surface area contributed by atoms with Gasteiger partial charge in [0.25, 0.3) is 5.91 Å². The topological polar surface area (TPSA) is 99.2 Å². The zero-order valence-corrected chi connectivity index (χ0v) is 18.4. The molecule has 0 bridgehead atoms. The number of halogens is 1. The molecule has 0 unspecified atom stereocenters. The van der Waals surface area contributed by atoms with Crippen molar-refractivity contribution in [2.24, 2.45) is 0 Å². The Morgan fingerprint density at radius 1 is 1.23 bits per heavy atom. The molecule has 0 fully saturated rings. The standard InChI is InChI=1S/C22H19BrN4O4/c1-13(2)27-21-15(11-24-27)14(10-18(26-21)19-8-5-9-30-19)22(29)31-12-20(28)25-17-7-4-3-6-16(17)23/h3-11,13H,12H2,1-2H3,(H,25,28). The molecule has 0 aliphatic carbocycles. The Balaban J connectivity index is 1.60. The van der Waals surface area contributed by atoms with Crippen molar-refractivity contribution in [3.05, 3.63) is 65.0 Å². The fraction of sp³-hybridized carbons (Fsp3) is 0.182. The summed E-state index contributed by atoms with van der Waals surface area (Å²) in [4.78, 5) is 29.8. The number of rotatable bonds is 6. The molecule has 1 N–H and O–H groups in total. The second-order valence-corrected chi connectivity index (χ2v) is 7.91. The van der Waals surface area contributed by atoms with Crippen LogP contribution in [0.2, 0.25) is 0 Å². The van der Waals surface area contributed by atoms with Crippen molar-refractivity contribution in [2.45, 2.75) is 19.9 Å². The van der Waals surface area contributed by atoms with Crippen LogP contribution in [0.25, 0.3) is 22.5 Å². The van der Waals surface area contributed by atoms with Crippen LogP contribution in [-0.4, -0.2) is 33.2 Å². The van der Waals surface area contributed by atoms with Gasteiger partial charge in [-0.3, -0.25) is 4.79 Å². The van der Waals surface area contributed by atoms with Crippen LogP contribution in [0.1, 0.15) is 30.2 Å². The van der Waals surface area contributed by atoms with E-state index in [4.69, 9.17) is 9.15 Å². The molecule has 3 aromatic heterocycles. The maximum atomic E-state index is 12.9. The van der Waals surface area contributed by atoms with Gasteiger partial charge in [-0.15, -0.1) is 0 Å². The summed E-state index contributed by atoms with van der Waals surface area (Å²) < 4.78 is 13.2. The number of carbonyl (C=O) groups excluding carboxylic acids is 2. The van der Waals surface area contributed by atoms with Crippen LogP contribution in [0, 0.1) is 0 Å². The number of anilines is 1. The first-order chi connectivity index (χ1) is 14.9. The fourth-order valence-electron chi connectivity index (χ4n) is 3.07. The molecule has 0 radical (unpaired) electrons. The van der Waals surface area contributed by atoms with Gasteiger partial charge in [0.05, 0.1) is 29.1 Å². The van der Waals surface area contributed by atoms with E-state index < -0.39 is 18.5 Å². The Morgan fingerprint density at radius 2 is 2.03 bits per heavy atom. The number of pyridine rings is 1. The van der Waals surface area contributed by atoms with Crippen LogP contribution in [-0.2, 0) is 9.53 Å². The predicted octanol–water partition coefficient (Wildman–Crippen LogP) is 4.83. The molecule has 1 aromatic carbocycles. The monoisotopic (exact) mass is 482 g/mol. The fourth-order valence-corrected chi connectivity index (χ4v) is 3.46. The maximum absolute atomic E-state index is 12.9. The van der Waals surface area contributed by atoms with E-state index in [9.17, 15) is 9.59 Å². The number of furan rings is 1. The summed E-state index contributed by atoms with van der Waals surface area (Å²) in [5, 5.41) is 7.59. The van der Waals surface area contributed by atoms with Crippen LogP contribution >= 0.6 is 15.9 Å². The molecule has 0 aliphatic heterocycles. The van der Waals surface area contributed by atoms with Crippen LogP contribution in [0.15, 0.2) is 63.8 Å². The molecule has 1 amide bonds. The van der Waals surface area contributed by atoms with Crippen LogP contribution in [0.5, 0.6) is 0 Å². The van der Waals surface area contributed by atoms with Gasteiger partial charge in [0, 0.05) is 10.5 Å². The summed E-state index contributed by atoms with van der Waals surface area (Å²) in [6.45, 7) is 3.51. The first kappa shape index (κ1) is 20.8. The third-order valence-electron chi connectivity index (χ3n) is 4.53. The Morgan fingerprint density at radius 3 is 2.74 bits per heavy atom. The number of amides is 1. The van der Waals surface area contributed by atoms with Gasteiger partial charge >= 0.3 is 5.97 Å². The van der Waals surface area contributed by atoms with Gasteiger partial charge < -0.3 is 14.5 Å². The van der Waals surface area contributed by atoms with Gasteiger partial charge in [0.2, 0.25) is 0 Å². The zero-order valence-electron chi connectivity index (χ0n) is 16.8. The van der Waals surface area contributed by atoms with E-state index in [-0.39, 0.29) is 11.6 Å². The number of nitrogens with one attached hydrogen (secondary N) is 1. The number of aromatic nitrogens is 3. The quantitative estimate of drug-likeness (QED) is 0.395. The average Bonchev–Trinajstić information content (AvgIpc) is 3.43. The van der Waals surface area contributed by atoms with E-state index in [1.54, 1.807) is 47.3 Å². The minimum Gasteiger partial charge on any atom is -0.463 e. The number of fused-ring (bicyclic) bond motifs is 1. The van der Waals surface area contributed by atoms with E-state index >= 15 is 0 Å². The molecule has 8 nitrogen and oxygen atoms in total. The third kappa shape index (κ3) is 4.36. The van der Waals surface area contributed by atoms with E-state index in [1.807, 2.05) is 19.9 Å². The summed E-state index contributed by atoms with van der Waals surface area (Å²) >= 11 is 3.36. The van der Waals surface area contributed by atoms with Gasteiger partial charge in [0.15, 0.2) is 18.0 Å². The van der Waals surface area contributed by atoms with E-state index in [2.05, 4.69) is 31.3 Å². The number of para-hydroxylation sites is 1. The minimum atomic E-state index is -0.647. The number of hydrogen-bond donors (Lipinski definition) is 1. The molecule has 0 aliphatic rings. The highest BCUT2D eigenvalue weighted by Crippen LogP contribution is 2.27. The summed E-state index contributed by atoms with van der Waals surface area (Å²) in [6, 6.07) is 12.3. The Hall–Kier alpha value is -3.46. The molecule has 3 heterocycles. The molecule has 0 spiro atoms.